The van der Waals surface area contributed by atoms with Gasteiger partial charge in [0.05, 0.1) is 0 Å². The van der Waals surface area contributed by atoms with Gasteiger partial charge in [0.15, 0.2) is 0 Å². The second-order valence-corrected chi connectivity index (χ2v) is 7.74. The molecule has 3 rings (SSSR count). The maximum Gasteiger partial charge on any atom is 0.225 e. The second kappa shape index (κ2) is 8.15. The van der Waals surface area contributed by atoms with Crippen LogP contribution < -0.4 is 0 Å². The van der Waals surface area contributed by atoms with Crippen molar-refractivity contribution in [1.82, 2.24) is 19.4 Å². The number of hydrogen-bond acceptors (Lipinski definition) is 3. The Hall–Kier alpha value is -1.36. The van der Waals surface area contributed by atoms with E-state index in [1.54, 1.807) is 0 Å². The molecule has 5 heteroatoms. The molecule has 0 bridgehead atoms. The number of likely N-dealkylation sites (tertiary alicyclic amines) is 1. The van der Waals surface area contributed by atoms with Crippen LogP contribution >= 0.6 is 0 Å². The third-order valence-corrected chi connectivity index (χ3v) is 5.59. The molecule has 0 aromatic carbocycles. The van der Waals surface area contributed by atoms with Gasteiger partial charge in [-0.05, 0) is 39.8 Å². The fraction of sp³-hybridized carbons (Fsp3) is 0.789. The second-order valence-electron chi connectivity index (χ2n) is 7.74. The molecule has 0 unspecified atom stereocenters. The fourth-order valence-electron chi connectivity index (χ4n) is 4.17. The van der Waals surface area contributed by atoms with Crippen LogP contribution in [-0.4, -0.2) is 59.0 Å². The average Bonchev–Trinajstić information content (AvgIpc) is 3.09. The highest BCUT2D eigenvalue weighted by molar-refractivity contribution is 5.79. The lowest BCUT2D eigenvalue weighted by Crippen LogP contribution is -2.43. The van der Waals surface area contributed by atoms with Crippen LogP contribution in [0.2, 0.25) is 0 Å². The number of amides is 1. The van der Waals surface area contributed by atoms with Crippen LogP contribution in [0.15, 0.2) is 12.4 Å². The molecule has 0 spiro atoms. The van der Waals surface area contributed by atoms with Crippen molar-refractivity contribution in [1.29, 1.82) is 0 Å². The van der Waals surface area contributed by atoms with Crippen molar-refractivity contribution in [2.75, 3.05) is 33.7 Å². The lowest BCUT2D eigenvalue weighted by molar-refractivity contribution is -0.137. The van der Waals surface area contributed by atoms with Gasteiger partial charge in [-0.25, -0.2) is 4.98 Å². The molecular formula is C19H32N4O. The summed E-state index contributed by atoms with van der Waals surface area (Å²) in [6.45, 7) is 3.77. The van der Waals surface area contributed by atoms with Crippen LogP contribution in [0.5, 0.6) is 0 Å². The van der Waals surface area contributed by atoms with E-state index in [2.05, 4.69) is 39.6 Å². The van der Waals surface area contributed by atoms with E-state index < -0.39 is 0 Å². The van der Waals surface area contributed by atoms with Gasteiger partial charge >= 0.3 is 0 Å². The number of carbonyl (C=O) groups excluding carboxylic acids is 1. The summed E-state index contributed by atoms with van der Waals surface area (Å²) in [6, 6.07) is 0. The molecular weight excluding hydrogens is 300 g/mol. The molecule has 134 valence electrons. The van der Waals surface area contributed by atoms with Crippen molar-refractivity contribution < 1.29 is 4.79 Å². The zero-order valence-corrected chi connectivity index (χ0v) is 15.3. The Kier molecular flexibility index (Phi) is 5.93. The molecule has 1 aromatic rings. The SMILES string of the molecule is CN(C)CCn1ccnc1[C@@H]1CCCN(C(=O)C2CCCCC2)C1. The third kappa shape index (κ3) is 4.18. The van der Waals surface area contributed by atoms with Gasteiger partial charge in [-0.1, -0.05) is 19.3 Å². The minimum absolute atomic E-state index is 0.283. The molecule has 24 heavy (non-hydrogen) atoms. The summed E-state index contributed by atoms with van der Waals surface area (Å²) in [5.74, 6) is 2.25. The number of imidazole rings is 1. The number of likely N-dealkylation sites (N-methyl/N-ethyl adjacent to an activating group) is 1. The number of rotatable bonds is 5. The highest BCUT2D eigenvalue weighted by Gasteiger charge is 2.31. The number of aromatic nitrogens is 2. The van der Waals surface area contributed by atoms with E-state index in [9.17, 15) is 4.79 Å². The van der Waals surface area contributed by atoms with E-state index in [1.807, 2.05) is 6.20 Å². The summed E-state index contributed by atoms with van der Waals surface area (Å²) in [4.78, 5) is 21.8. The summed E-state index contributed by atoms with van der Waals surface area (Å²) in [5.41, 5.74) is 0. The third-order valence-electron chi connectivity index (χ3n) is 5.59. The summed E-state index contributed by atoms with van der Waals surface area (Å²) in [5, 5.41) is 0. The summed E-state index contributed by atoms with van der Waals surface area (Å²) < 4.78 is 2.28. The Morgan fingerprint density at radius 2 is 2.00 bits per heavy atom. The molecule has 0 N–H and O–H groups in total. The van der Waals surface area contributed by atoms with Crippen molar-refractivity contribution in [2.24, 2.45) is 5.92 Å². The number of carbonyl (C=O) groups is 1. The predicted molar refractivity (Wildman–Crippen MR) is 95.9 cm³/mol. The van der Waals surface area contributed by atoms with Crippen LogP contribution in [0, 0.1) is 5.92 Å². The standard InChI is InChI=1S/C19H32N4O/c1-21(2)13-14-22-12-10-20-18(22)17-9-6-11-23(15-17)19(24)16-7-4-3-5-8-16/h10,12,16-17H,3-9,11,13-15H2,1-2H3/t17-/m1/s1. The predicted octanol–water partition coefficient (Wildman–Crippen LogP) is 2.73. The first-order valence-corrected chi connectivity index (χ1v) is 9.59. The minimum Gasteiger partial charge on any atom is -0.342 e. The summed E-state index contributed by atoms with van der Waals surface area (Å²) >= 11 is 0. The van der Waals surface area contributed by atoms with E-state index in [0.29, 0.717) is 11.8 Å². The summed E-state index contributed by atoms with van der Waals surface area (Å²) in [6.07, 6.45) is 12.2. The summed E-state index contributed by atoms with van der Waals surface area (Å²) in [7, 11) is 4.20. The Morgan fingerprint density at radius 1 is 1.21 bits per heavy atom. The Balaban J connectivity index is 1.63. The Labute approximate surface area is 146 Å². The van der Waals surface area contributed by atoms with Gasteiger partial charge in [0, 0.05) is 50.4 Å². The molecule has 2 heterocycles. The largest absolute Gasteiger partial charge is 0.342 e. The average molecular weight is 332 g/mol. The highest BCUT2D eigenvalue weighted by atomic mass is 16.2. The lowest BCUT2D eigenvalue weighted by Gasteiger charge is -2.36. The van der Waals surface area contributed by atoms with E-state index in [0.717, 1.165) is 57.7 Å². The van der Waals surface area contributed by atoms with Gasteiger partial charge in [-0.2, -0.15) is 0 Å². The smallest absolute Gasteiger partial charge is 0.225 e. The molecule has 1 saturated carbocycles. The first kappa shape index (κ1) is 17.5. The van der Waals surface area contributed by atoms with E-state index in [4.69, 9.17) is 0 Å². The first-order valence-electron chi connectivity index (χ1n) is 9.59. The van der Waals surface area contributed by atoms with Crippen molar-refractivity contribution in [3.05, 3.63) is 18.2 Å². The molecule has 1 aliphatic heterocycles. The molecule has 2 fully saturated rings. The molecule has 1 amide bonds. The molecule has 1 saturated heterocycles. The van der Waals surface area contributed by atoms with Crippen molar-refractivity contribution in [3.63, 3.8) is 0 Å². The van der Waals surface area contributed by atoms with Crippen LogP contribution in [0.1, 0.15) is 56.7 Å². The van der Waals surface area contributed by atoms with Crippen LogP contribution in [0.3, 0.4) is 0 Å². The van der Waals surface area contributed by atoms with E-state index in [-0.39, 0.29) is 5.92 Å². The number of hydrogen-bond donors (Lipinski definition) is 0. The van der Waals surface area contributed by atoms with Gasteiger partial charge in [0.2, 0.25) is 5.91 Å². The monoisotopic (exact) mass is 332 g/mol. The van der Waals surface area contributed by atoms with E-state index >= 15 is 0 Å². The van der Waals surface area contributed by atoms with Crippen molar-refractivity contribution in [2.45, 2.75) is 57.4 Å². The molecule has 0 radical (unpaired) electrons. The molecule has 5 nitrogen and oxygen atoms in total. The van der Waals surface area contributed by atoms with Gasteiger partial charge < -0.3 is 14.4 Å². The van der Waals surface area contributed by atoms with Crippen LogP contribution in [0.25, 0.3) is 0 Å². The quantitative estimate of drug-likeness (QED) is 0.832. The maximum absolute atomic E-state index is 12.9. The zero-order chi connectivity index (χ0) is 16.9. The Morgan fingerprint density at radius 3 is 2.75 bits per heavy atom. The van der Waals surface area contributed by atoms with Gasteiger partial charge in [0.25, 0.3) is 0 Å². The minimum atomic E-state index is 0.283. The fourth-order valence-corrected chi connectivity index (χ4v) is 4.17. The molecule has 2 aliphatic rings. The molecule has 1 atom stereocenters. The van der Waals surface area contributed by atoms with E-state index in [1.165, 1.54) is 19.3 Å². The van der Waals surface area contributed by atoms with Crippen LogP contribution in [0.4, 0.5) is 0 Å². The Bertz CT molecular complexity index is 533. The molecule has 1 aliphatic carbocycles. The molecule has 1 aromatic heterocycles. The van der Waals surface area contributed by atoms with Gasteiger partial charge in [0.1, 0.15) is 5.82 Å². The van der Waals surface area contributed by atoms with Crippen molar-refractivity contribution in [3.8, 4) is 0 Å². The topological polar surface area (TPSA) is 41.4 Å². The number of piperidine rings is 1. The maximum atomic E-state index is 12.9. The lowest BCUT2D eigenvalue weighted by atomic mass is 9.87. The van der Waals surface area contributed by atoms with Crippen LogP contribution in [-0.2, 0) is 11.3 Å². The first-order chi connectivity index (χ1) is 11.6. The highest BCUT2D eigenvalue weighted by Crippen LogP contribution is 2.30. The normalized spacial score (nSPS) is 23.0. The van der Waals surface area contributed by atoms with Crippen molar-refractivity contribution >= 4 is 5.91 Å². The number of nitrogens with zero attached hydrogens (tertiary/aromatic N) is 4. The zero-order valence-electron chi connectivity index (χ0n) is 15.3. The van der Waals surface area contributed by atoms with Gasteiger partial charge in [-0.3, -0.25) is 4.79 Å². The van der Waals surface area contributed by atoms with Gasteiger partial charge in [-0.15, -0.1) is 0 Å².